The number of carbonyl (C=O) groups is 1. The van der Waals surface area contributed by atoms with Crippen molar-refractivity contribution in [2.75, 3.05) is 0 Å². The summed E-state index contributed by atoms with van der Waals surface area (Å²) in [6, 6.07) is 0.409. The fraction of sp³-hybridized carbons (Fsp3) is 0.929. The van der Waals surface area contributed by atoms with Crippen molar-refractivity contribution in [3.8, 4) is 0 Å². The monoisotopic (exact) mass is 240 g/mol. The molecule has 0 bridgehead atoms. The minimum atomic E-state index is -0.239. The van der Waals surface area contributed by atoms with Crippen molar-refractivity contribution in [1.29, 1.82) is 0 Å². The molecule has 100 valence electrons. The van der Waals surface area contributed by atoms with Gasteiger partial charge < -0.3 is 11.1 Å². The molecule has 0 radical (unpaired) electrons. The molecule has 17 heavy (non-hydrogen) atoms. The molecular formula is C14H28N2O. The molecule has 0 aromatic rings. The SMILES string of the molecule is CCC1CCC(NC(=O)CCC(C)(C)N)CC1. The number of nitrogens with two attached hydrogens (primary N) is 1. The summed E-state index contributed by atoms with van der Waals surface area (Å²) in [6.45, 7) is 6.19. The van der Waals surface area contributed by atoms with Gasteiger partial charge in [0.2, 0.25) is 5.91 Å². The van der Waals surface area contributed by atoms with E-state index >= 15 is 0 Å². The summed E-state index contributed by atoms with van der Waals surface area (Å²) in [4.78, 5) is 11.7. The summed E-state index contributed by atoms with van der Waals surface area (Å²) in [6.07, 6.45) is 7.42. The molecule has 1 rings (SSSR count). The van der Waals surface area contributed by atoms with Crippen LogP contribution in [0.4, 0.5) is 0 Å². The normalized spacial score (nSPS) is 25.6. The molecule has 1 aliphatic rings. The smallest absolute Gasteiger partial charge is 0.220 e. The zero-order chi connectivity index (χ0) is 12.9. The second-order valence-corrected chi connectivity index (χ2v) is 6.18. The van der Waals surface area contributed by atoms with Crippen LogP contribution in [-0.4, -0.2) is 17.5 Å². The van der Waals surface area contributed by atoms with E-state index in [0.717, 1.165) is 25.2 Å². The summed E-state index contributed by atoms with van der Waals surface area (Å²) in [5.41, 5.74) is 5.63. The fourth-order valence-corrected chi connectivity index (χ4v) is 2.45. The van der Waals surface area contributed by atoms with Gasteiger partial charge in [-0.3, -0.25) is 4.79 Å². The van der Waals surface area contributed by atoms with Crippen LogP contribution in [0.15, 0.2) is 0 Å². The van der Waals surface area contributed by atoms with Crippen LogP contribution in [-0.2, 0) is 4.79 Å². The highest BCUT2D eigenvalue weighted by molar-refractivity contribution is 5.76. The Morgan fingerprint density at radius 2 is 1.88 bits per heavy atom. The van der Waals surface area contributed by atoms with Crippen molar-refractivity contribution in [1.82, 2.24) is 5.32 Å². The van der Waals surface area contributed by atoms with Gasteiger partial charge in [-0.1, -0.05) is 13.3 Å². The summed E-state index contributed by atoms with van der Waals surface area (Å²) in [5, 5.41) is 3.14. The van der Waals surface area contributed by atoms with Crippen molar-refractivity contribution in [3.05, 3.63) is 0 Å². The molecular weight excluding hydrogens is 212 g/mol. The minimum Gasteiger partial charge on any atom is -0.353 e. The lowest BCUT2D eigenvalue weighted by Gasteiger charge is -2.28. The maximum absolute atomic E-state index is 11.7. The molecule has 0 aromatic heterocycles. The molecule has 0 aromatic carbocycles. The third-order valence-corrected chi connectivity index (χ3v) is 3.79. The summed E-state index contributed by atoms with van der Waals surface area (Å²) >= 11 is 0. The van der Waals surface area contributed by atoms with Crippen LogP contribution in [0.1, 0.15) is 65.7 Å². The van der Waals surface area contributed by atoms with Crippen LogP contribution < -0.4 is 11.1 Å². The number of amides is 1. The van der Waals surface area contributed by atoms with E-state index in [1.54, 1.807) is 0 Å². The van der Waals surface area contributed by atoms with Gasteiger partial charge in [0, 0.05) is 18.0 Å². The van der Waals surface area contributed by atoms with Crippen molar-refractivity contribution in [2.24, 2.45) is 11.7 Å². The van der Waals surface area contributed by atoms with Crippen LogP contribution in [0.3, 0.4) is 0 Å². The van der Waals surface area contributed by atoms with Gasteiger partial charge in [0.1, 0.15) is 0 Å². The van der Waals surface area contributed by atoms with Gasteiger partial charge in [0.25, 0.3) is 0 Å². The van der Waals surface area contributed by atoms with Crippen molar-refractivity contribution in [2.45, 2.75) is 77.3 Å². The maximum Gasteiger partial charge on any atom is 0.220 e. The van der Waals surface area contributed by atoms with Gasteiger partial charge in [0.05, 0.1) is 0 Å². The Labute approximate surface area is 106 Å². The number of rotatable bonds is 5. The molecule has 3 N–H and O–H groups in total. The molecule has 0 unspecified atom stereocenters. The van der Waals surface area contributed by atoms with Gasteiger partial charge in [-0.25, -0.2) is 0 Å². The maximum atomic E-state index is 11.7. The first kappa shape index (κ1) is 14.5. The van der Waals surface area contributed by atoms with E-state index in [1.807, 2.05) is 13.8 Å². The van der Waals surface area contributed by atoms with Crippen LogP contribution >= 0.6 is 0 Å². The first-order valence-electron chi connectivity index (χ1n) is 6.99. The van der Waals surface area contributed by atoms with E-state index in [4.69, 9.17) is 5.73 Å². The quantitative estimate of drug-likeness (QED) is 0.776. The Balaban J connectivity index is 2.19. The van der Waals surface area contributed by atoms with Gasteiger partial charge in [-0.15, -0.1) is 0 Å². The van der Waals surface area contributed by atoms with Crippen molar-refractivity contribution < 1.29 is 4.79 Å². The van der Waals surface area contributed by atoms with Crippen LogP contribution in [0, 0.1) is 5.92 Å². The van der Waals surface area contributed by atoms with Gasteiger partial charge in [-0.2, -0.15) is 0 Å². The zero-order valence-corrected chi connectivity index (χ0v) is 11.6. The molecule has 0 heterocycles. The number of hydrogen-bond donors (Lipinski definition) is 2. The molecule has 0 spiro atoms. The van der Waals surface area contributed by atoms with E-state index in [2.05, 4.69) is 12.2 Å². The molecule has 3 heteroatoms. The van der Waals surface area contributed by atoms with Gasteiger partial charge in [0.15, 0.2) is 0 Å². The molecule has 1 amide bonds. The molecule has 3 nitrogen and oxygen atoms in total. The molecule has 0 atom stereocenters. The third kappa shape index (κ3) is 6.06. The predicted octanol–water partition coefficient (Wildman–Crippen LogP) is 2.59. The Kier molecular flexibility index (Phi) is 5.44. The second kappa shape index (κ2) is 6.39. The first-order chi connectivity index (χ1) is 7.90. The molecule has 0 aliphatic heterocycles. The van der Waals surface area contributed by atoms with Crippen molar-refractivity contribution >= 4 is 5.91 Å². The fourth-order valence-electron chi connectivity index (χ4n) is 2.45. The predicted molar refractivity (Wildman–Crippen MR) is 71.7 cm³/mol. The number of carbonyl (C=O) groups excluding carboxylic acids is 1. The first-order valence-corrected chi connectivity index (χ1v) is 6.99. The molecule has 1 fully saturated rings. The summed E-state index contributed by atoms with van der Waals surface area (Å²) in [7, 11) is 0. The van der Waals surface area contributed by atoms with Crippen LogP contribution in [0.2, 0.25) is 0 Å². The van der Waals surface area contributed by atoms with Crippen molar-refractivity contribution in [3.63, 3.8) is 0 Å². The average molecular weight is 240 g/mol. The van der Waals surface area contributed by atoms with E-state index in [9.17, 15) is 4.79 Å². The van der Waals surface area contributed by atoms with E-state index in [-0.39, 0.29) is 11.4 Å². The largest absolute Gasteiger partial charge is 0.353 e. The second-order valence-electron chi connectivity index (χ2n) is 6.18. The topological polar surface area (TPSA) is 55.1 Å². The molecule has 1 aliphatic carbocycles. The lowest BCUT2D eigenvalue weighted by molar-refractivity contribution is -0.122. The lowest BCUT2D eigenvalue weighted by atomic mass is 9.84. The highest BCUT2D eigenvalue weighted by Crippen LogP contribution is 2.26. The standard InChI is InChI=1S/C14H28N2O/c1-4-11-5-7-12(8-6-11)16-13(17)9-10-14(2,3)15/h11-12H,4-10,15H2,1-3H3,(H,16,17). The minimum absolute atomic E-state index is 0.170. The highest BCUT2D eigenvalue weighted by Gasteiger charge is 2.21. The third-order valence-electron chi connectivity index (χ3n) is 3.79. The van der Waals surface area contributed by atoms with E-state index in [1.165, 1.54) is 19.3 Å². The lowest BCUT2D eigenvalue weighted by Crippen LogP contribution is -2.39. The zero-order valence-electron chi connectivity index (χ0n) is 11.6. The molecule has 1 saturated carbocycles. The number of hydrogen-bond acceptors (Lipinski definition) is 2. The van der Waals surface area contributed by atoms with Crippen LogP contribution in [0.5, 0.6) is 0 Å². The highest BCUT2D eigenvalue weighted by atomic mass is 16.1. The summed E-state index contributed by atoms with van der Waals surface area (Å²) < 4.78 is 0. The Morgan fingerprint density at radius 1 is 1.29 bits per heavy atom. The van der Waals surface area contributed by atoms with Gasteiger partial charge in [-0.05, 0) is 51.9 Å². The molecule has 0 saturated heterocycles. The Hall–Kier alpha value is -0.570. The van der Waals surface area contributed by atoms with E-state index in [0.29, 0.717) is 12.5 Å². The average Bonchev–Trinajstić information content (AvgIpc) is 2.27. The summed E-state index contributed by atoms with van der Waals surface area (Å²) in [5.74, 6) is 1.05. The Bertz CT molecular complexity index is 237. The van der Waals surface area contributed by atoms with E-state index < -0.39 is 0 Å². The van der Waals surface area contributed by atoms with Crippen LogP contribution in [0.25, 0.3) is 0 Å². The number of nitrogens with one attached hydrogen (secondary N) is 1. The Morgan fingerprint density at radius 3 is 2.35 bits per heavy atom. The van der Waals surface area contributed by atoms with Gasteiger partial charge >= 0.3 is 0 Å².